The van der Waals surface area contributed by atoms with Crippen molar-refractivity contribution in [3.8, 4) is 22.7 Å². The van der Waals surface area contributed by atoms with E-state index in [0.29, 0.717) is 22.7 Å². The summed E-state index contributed by atoms with van der Waals surface area (Å²) in [6.07, 6.45) is 2.69. The third-order valence-corrected chi connectivity index (χ3v) is 5.45. The zero-order chi connectivity index (χ0) is 24.1. The fourth-order valence-electron chi connectivity index (χ4n) is 3.58. The molecule has 0 fully saturated rings. The molecule has 172 valence electrons. The molecule has 7 nitrogen and oxygen atoms in total. The molecule has 4 aromatic rings. The van der Waals surface area contributed by atoms with E-state index in [1.54, 1.807) is 35.1 Å². The normalized spacial score (nSPS) is 10.6. The van der Waals surface area contributed by atoms with E-state index in [-0.39, 0.29) is 12.5 Å². The highest BCUT2D eigenvalue weighted by Crippen LogP contribution is 2.26. The fraction of sp³-hybridized carbons (Fsp3) is 0.148. The molecule has 0 unspecified atom stereocenters. The molecule has 0 saturated heterocycles. The van der Waals surface area contributed by atoms with Crippen LogP contribution in [-0.2, 0) is 11.2 Å². The third-order valence-electron chi connectivity index (χ3n) is 5.45. The van der Waals surface area contributed by atoms with Crippen LogP contribution >= 0.6 is 0 Å². The van der Waals surface area contributed by atoms with Gasteiger partial charge in [0.25, 0.3) is 11.8 Å². The van der Waals surface area contributed by atoms with Gasteiger partial charge in [-0.05, 0) is 54.8 Å². The number of nitrogens with two attached hydrogens (primary N) is 1. The molecule has 0 atom stereocenters. The molecule has 0 radical (unpaired) electrons. The lowest BCUT2D eigenvalue weighted by Crippen LogP contribution is -2.20. The zero-order valence-electron chi connectivity index (χ0n) is 19.1. The van der Waals surface area contributed by atoms with Gasteiger partial charge in [0.1, 0.15) is 11.4 Å². The van der Waals surface area contributed by atoms with Crippen LogP contribution in [0.4, 0.5) is 5.69 Å². The van der Waals surface area contributed by atoms with E-state index >= 15 is 0 Å². The first kappa shape index (κ1) is 22.8. The topological polar surface area (TPSA) is 99.2 Å². The molecule has 0 saturated carbocycles. The molecule has 34 heavy (non-hydrogen) atoms. The molecule has 4 rings (SSSR count). The predicted octanol–water partition coefficient (Wildman–Crippen LogP) is 4.53. The molecule has 2 amide bonds. The highest BCUT2D eigenvalue weighted by atomic mass is 16.5. The minimum absolute atomic E-state index is 0.204. The van der Waals surface area contributed by atoms with E-state index in [1.807, 2.05) is 43.3 Å². The van der Waals surface area contributed by atoms with Crippen molar-refractivity contribution in [1.82, 2.24) is 9.78 Å². The summed E-state index contributed by atoms with van der Waals surface area (Å²) in [7, 11) is 0. The minimum atomic E-state index is -0.553. The van der Waals surface area contributed by atoms with Crippen molar-refractivity contribution >= 4 is 17.5 Å². The van der Waals surface area contributed by atoms with Crippen LogP contribution in [0.15, 0.2) is 79.0 Å². The van der Waals surface area contributed by atoms with Crippen molar-refractivity contribution in [3.05, 3.63) is 95.7 Å². The van der Waals surface area contributed by atoms with Gasteiger partial charge in [0.05, 0.1) is 11.3 Å². The number of benzene rings is 3. The second-order valence-corrected chi connectivity index (χ2v) is 7.91. The number of amides is 2. The van der Waals surface area contributed by atoms with Crippen LogP contribution in [0.5, 0.6) is 5.75 Å². The van der Waals surface area contributed by atoms with Crippen molar-refractivity contribution in [2.75, 3.05) is 11.9 Å². The van der Waals surface area contributed by atoms with E-state index in [2.05, 4.69) is 24.4 Å². The number of aromatic nitrogens is 2. The highest BCUT2D eigenvalue weighted by Gasteiger charge is 2.19. The summed E-state index contributed by atoms with van der Waals surface area (Å²) >= 11 is 0. The van der Waals surface area contributed by atoms with Gasteiger partial charge in [-0.25, -0.2) is 4.68 Å². The van der Waals surface area contributed by atoms with Gasteiger partial charge in [-0.15, -0.1) is 0 Å². The number of carbonyl (C=O) groups is 2. The van der Waals surface area contributed by atoms with Crippen LogP contribution in [0.2, 0.25) is 0 Å². The van der Waals surface area contributed by atoms with Crippen LogP contribution in [-0.4, -0.2) is 28.2 Å². The molecular formula is C27H26N4O3. The Kier molecular flexibility index (Phi) is 6.73. The number of anilines is 1. The Morgan fingerprint density at radius 2 is 1.71 bits per heavy atom. The largest absolute Gasteiger partial charge is 0.484 e. The average molecular weight is 455 g/mol. The first-order valence-corrected chi connectivity index (χ1v) is 11.0. The third kappa shape index (κ3) is 5.15. The van der Waals surface area contributed by atoms with Gasteiger partial charge in [0.2, 0.25) is 0 Å². The molecule has 7 heteroatoms. The number of para-hydroxylation sites is 1. The Morgan fingerprint density at radius 1 is 1.00 bits per heavy atom. The Bertz CT molecular complexity index is 1310. The van der Waals surface area contributed by atoms with Gasteiger partial charge in [-0.2, -0.15) is 5.10 Å². The number of hydrogen-bond acceptors (Lipinski definition) is 4. The summed E-state index contributed by atoms with van der Waals surface area (Å²) in [6, 6.07) is 22.7. The van der Waals surface area contributed by atoms with Gasteiger partial charge >= 0.3 is 0 Å². The molecule has 0 spiro atoms. The number of hydrogen-bond donors (Lipinski definition) is 2. The Hall–Kier alpha value is -4.39. The molecule has 0 bridgehead atoms. The molecule has 0 aliphatic heterocycles. The van der Waals surface area contributed by atoms with E-state index in [1.165, 1.54) is 5.56 Å². The minimum Gasteiger partial charge on any atom is -0.484 e. The van der Waals surface area contributed by atoms with Crippen LogP contribution in [0.3, 0.4) is 0 Å². The van der Waals surface area contributed by atoms with Gasteiger partial charge in [0, 0.05) is 17.4 Å². The first-order chi connectivity index (χ1) is 16.4. The summed E-state index contributed by atoms with van der Waals surface area (Å²) in [6.45, 7) is 3.91. The maximum absolute atomic E-state index is 13.3. The number of nitrogens with zero attached hydrogens (tertiary/aromatic N) is 2. The van der Waals surface area contributed by atoms with E-state index in [9.17, 15) is 9.59 Å². The molecular weight excluding hydrogens is 428 g/mol. The van der Waals surface area contributed by atoms with Gasteiger partial charge in [-0.1, -0.05) is 49.4 Å². The Morgan fingerprint density at radius 3 is 2.35 bits per heavy atom. The number of aryl methyl sites for hydroxylation is 2. The van der Waals surface area contributed by atoms with Crippen molar-refractivity contribution in [2.24, 2.45) is 5.73 Å². The lowest BCUT2D eigenvalue weighted by Gasteiger charge is -2.08. The summed E-state index contributed by atoms with van der Waals surface area (Å²) in [5.74, 6) is -0.344. The molecule has 1 heterocycles. The standard InChI is InChI=1S/C27H26N4O3/c1-3-19-8-10-20(11-9-19)26-23(16-31(30-26)24-7-5-4-6-18(24)2)27(33)29-21-12-14-22(15-13-21)34-17-25(28)32/h4-16H,3,17H2,1-2H3,(H2,28,32)(H,29,33). The average Bonchev–Trinajstić information content (AvgIpc) is 3.29. The van der Waals surface area contributed by atoms with Crippen molar-refractivity contribution in [3.63, 3.8) is 0 Å². The maximum atomic E-state index is 13.3. The van der Waals surface area contributed by atoms with Crippen LogP contribution in [0, 0.1) is 6.92 Å². The van der Waals surface area contributed by atoms with Gasteiger partial charge in [-0.3, -0.25) is 9.59 Å². The zero-order valence-corrected chi connectivity index (χ0v) is 19.1. The van der Waals surface area contributed by atoms with Crippen LogP contribution < -0.4 is 15.8 Å². The van der Waals surface area contributed by atoms with Crippen molar-refractivity contribution in [1.29, 1.82) is 0 Å². The SMILES string of the molecule is CCc1ccc(-c2nn(-c3ccccc3C)cc2C(=O)Nc2ccc(OCC(N)=O)cc2)cc1. The monoisotopic (exact) mass is 454 g/mol. The Balaban J connectivity index is 1.65. The molecule has 3 aromatic carbocycles. The van der Waals surface area contributed by atoms with E-state index in [0.717, 1.165) is 23.2 Å². The lowest BCUT2D eigenvalue weighted by molar-refractivity contribution is -0.119. The predicted molar refractivity (Wildman–Crippen MR) is 132 cm³/mol. The van der Waals surface area contributed by atoms with Gasteiger partial charge in [0.15, 0.2) is 6.61 Å². The summed E-state index contributed by atoms with van der Waals surface area (Å²) in [4.78, 5) is 24.2. The number of nitrogens with one attached hydrogen (secondary N) is 1. The van der Waals surface area contributed by atoms with E-state index in [4.69, 9.17) is 15.6 Å². The second kappa shape index (κ2) is 10.0. The number of ether oxygens (including phenoxy) is 1. The molecule has 0 aliphatic rings. The smallest absolute Gasteiger partial charge is 0.259 e. The number of rotatable bonds is 8. The van der Waals surface area contributed by atoms with Crippen LogP contribution in [0.25, 0.3) is 16.9 Å². The van der Waals surface area contributed by atoms with Crippen molar-refractivity contribution < 1.29 is 14.3 Å². The molecule has 0 aliphatic carbocycles. The summed E-state index contributed by atoms with van der Waals surface area (Å²) in [5, 5.41) is 7.70. The number of primary amides is 1. The highest BCUT2D eigenvalue weighted by molar-refractivity contribution is 6.08. The fourth-order valence-corrected chi connectivity index (χ4v) is 3.58. The number of carbonyl (C=O) groups excluding carboxylic acids is 2. The van der Waals surface area contributed by atoms with Crippen LogP contribution in [0.1, 0.15) is 28.4 Å². The Labute approximate surface area is 198 Å². The van der Waals surface area contributed by atoms with E-state index < -0.39 is 5.91 Å². The maximum Gasteiger partial charge on any atom is 0.259 e. The second-order valence-electron chi connectivity index (χ2n) is 7.91. The molecule has 1 aromatic heterocycles. The summed E-state index contributed by atoms with van der Waals surface area (Å²) in [5.41, 5.74) is 10.8. The summed E-state index contributed by atoms with van der Waals surface area (Å²) < 4.78 is 7.01. The first-order valence-electron chi connectivity index (χ1n) is 11.0. The quantitative estimate of drug-likeness (QED) is 0.409. The van der Waals surface area contributed by atoms with Gasteiger partial charge < -0.3 is 15.8 Å². The lowest BCUT2D eigenvalue weighted by atomic mass is 10.0. The van der Waals surface area contributed by atoms with Crippen molar-refractivity contribution in [2.45, 2.75) is 20.3 Å². The molecule has 3 N–H and O–H groups in total.